The SMILES string of the molecule is Nc1cccc(Cl)c1NN1CCCCC1. The molecule has 0 atom stereocenters. The van der Waals surface area contributed by atoms with Crippen molar-refractivity contribution in [1.29, 1.82) is 0 Å². The maximum Gasteiger partial charge on any atom is 0.0909 e. The molecule has 15 heavy (non-hydrogen) atoms. The van der Waals surface area contributed by atoms with Crippen molar-refractivity contribution in [1.82, 2.24) is 5.01 Å². The molecule has 1 aliphatic rings. The van der Waals surface area contributed by atoms with E-state index >= 15 is 0 Å². The highest BCUT2D eigenvalue weighted by atomic mass is 35.5. The molecule has 1 aliphatic heterocycles. The van der Waals surface area contributed by atoms with Crippen LogP contribution in [0.2, 0.25) is 5.02 Å². The number of hydrogen-bond acceptors (Lipinski definition) is 3. The Morgan fingerprint density at radius 1 is 1.20 bits per heavy atom. The lowest BCUT2D eigenvalue weighted by atomic mass is 10.2. The number of hydrazine groups is 1. The van der Waals surface area contributed by atoms with E-state index in [1.807, 2.05) is 18.2 Å². The minimum atomic E-state index is 0.681. The van der Waals surface area contributed by atoms with E-state index in [-0.39, 0.29) is 0 Å². The Balaban J connectivity index is 2.09. The molecule has 1 aromatic rings. The van der Waals surface area contributed by atoms with Crippen molar-refractivity contribution in [3.63, 3.8) is 0 Å². The van der Waals surface area contributed by atoms with Crippen molar-refractivity contribution in [3.05, 3.63) is 23.2 Å². The normalized spacial score (nSPS) is 17.7. The first kappa shape index (κ1) is 10.6. The minimum absolute atomic E-state index is 0.681. The highest BCUT2D eigenvalue weighted by molar-refractivity contribution is 6.33. The van der Waals surface area contributed by atoms with Crippen LogP contribution in [0.4, 0.5) is 11.4 Å². The van der Waals surface area contributed by atoms with Crippen LogP contribution in [-0.4, -0.2) is 18.1 Å². The lowest BCUT2D eigenvalue weighted by molar-refractivity contribution is 0.273. The van der Waals surface area contributed by atoms with Crippen LogP contribution in [0.15, 0.2) is 18.2 Å². The lowest BCUT2D eigenvalue weighted by Crippen LogP contribution is -2.35. The molecular formula is C11H16ClN3. The third-order valence-electron chi connectivity index (χ3n) is 2.67. The van der Waals surface area contributed by atoms with Crippen LogP contribution in [0, 0.1) is 0 Å². The lowest BCUT2D eigenvalue weighted by Gasteiger charge is -2.28. The van der Waals surface area contributed by atoms with E-state index in [1.165, 1.54) is 19.3 Å². The molecule has 0 aromatic heterocycles. The van der Waals surface area contributed by atoms with Gasteiger partial charge < -0.3 is 11.2 Å². The summed E-state index contributed by atoms with van der Waals surface area (Å²) >= 11 is 6.08. The standard InChI is InChI=1S/C11H16ClN3/c12-9-5-4-6-10(13)11(9)14-15-7-2-1-3-8-15/h4-6,14H,1-3,7-8,13H2. The number of piperidine rings is 1. The molecule has 2 rings (SSSR count). The molecule has 1 saturated heterocycles. The zero-order chi connectivity index (χ0) is 10.7. The average Bonchev–Trinajstić information content (AvgIpc) is 2.25. The fourth-order valence-electron chi connectivity index (χ4n) is 1.82. The van der Waals surface area contributed by atoms with Gasteiger partial charge in [-0.25, -0.2) is 5.01 Å². The summed E-state index contributed by atoms with van der Waals surface area (Å²) in [5.74, 6) is 0. The predicted molar refractivity (Wildman–Crippen MR) is 64.9 cm³/mol. The van der Waals surface area contributed by atoms with Crippen molar-refractivity contribution in [2.75, 3.05) is 24.2 Å². The molecule has 0 unspecified atom stereocenters. The molecule has 1 fully saturated rings. The van der Waals surface area contributed by atoms with Crippen LogP contribution >= 0.6 is 11.6 Å². The summed E-state index contributed by atoms with van der Waals surface area (Å²) < 4.78 is 0. The summed E-state index contributed by atoms with van der Waals surface area (Å²) in [6.45, 7) is 2.12. The quantitative estimate of drug-likeness (QED) is 0.761. The Bertz CT molecular complexity index is 314. The van der Waals surface area contributed by atoms with E-state index in [4.69, 9.17) is 17.3 Å². The van der Waals surface area contributed by atoms with Gasteiger partial charge in [0.2, 0.25) is 0 Å². The molecule has 0 aliphatic carbocycles. The number of nitrogen functional groups attached to an aromatic ring is 1. The second-order valence-corrected chi connectivity index (χ2v) is 4.27. The highest BCUT2D eigenvalue weighted by Gasteiger charge is 2.12. The van der Waals surface area contributed by atoms with Crippen LogP contribution in [0.25, 0.3) is 0 Å². The van der Waals surface area contributed by atoms with Gasteiger partial charge in [0.15, 0.2) is 0 Å². The van der Waals surface area contributed by atoms with Gasteiger partial charge in [0.05, 0.1) is 16.4 Å². The van der Waals surface area contributed by atoms with Crippen LogP contribution in [0.5, 0.6) is 0 Å². The van der Waals surface area contributed by atoms with Crippen molar-refractivity contribution < 1.29 is 0 Å². The van der Waals surface area contributed by atoms with Gasteiger partial charge >= 0.3 is 0 Å². The smallest absolute Gasteiger partial charge is 0.0909 e. The topological polar surface area (TPSA) is 41.3 Å². The molecule has 0 spiro atoms. The number of nitrogens with zero attached hydrogens (tertiary/aromatic N) is 1. The number of para-hydroxylation sites is 1. The predicted octanol–water partition coefficient (Wildman–Crippen LogP) is 2.74. The van der Waals surface area contributed by atoms with E-state index in [0.29, 0.717) is 10.7 Å². The summed E-state index contributed by atoms with van der Waals surface area (Å²) in [6.07, 6.45) is 3.78. The van der Waals surface area contributed by atoms with Gasteiger partial charge in [-0.1, -0.05) is 24.1 Å². The summed E-state index contributed by atoms with van der Waals surface area (Å²) in [7, 11) is 0. The summed E-state index contributed by atoms with van der Waals surface area (Å²) in [6, 6.07) is 5.57. The third kappa shape index (κ3) is 2.55. The fraction of sp³-hybridized carbons (Fsp3) is 0.455. The Morgan fingerprint density at radius 2 is 1.93 bits per heavy atom. The second kappa shape index (κ2) is 4.73. The number of benzene rings is 1. The maximum atomic E-state index is 6.08. The zero-order valence-corrected chi connectivity index (χ0v) is 9.43. The van der Waals surface area contributed by atoms with E-state index < -0.39 is 0 Å². The summed E-state index contributed by atoms with van der Waals surface area (Å²) in [5.41, 5.74) is 10.7. The van der Waals surface area contributed by atoms with Gasteiger partial charge in [-0.15, -0.1) is 0 Å². The van der Waals surface area contributed by atoms with Gasteiger partial charge in [-0.05, 0) is 25.0 Å². The van der Waals surface area contributed by atoms with Gasteiger partial charge in [0.25, 0.3) is 0 Å². The Labute approximate surface area is 95.2 Å². The molecule has 4 heteroatoms. The van der Waals surface area contributed by atoms with Gasteiger partial charge in [-0.3, -0.25) is 0 Å². The van der Waals surface area contributed by atoms with Gasteiger partial charge in [-0.2, -0.15) is 0 Å². The number of halogens is 1. The van der Waals surface area contributed by atoms with Gasteiger partial charge in [0, 0.05) is 13.1 Å². The van der Waals surface area contributed by atoms with E-state index in [2.05, 4.69) is 10.4 Å². The number of nitrogens with two attached hydrogens (primary N) is 1. The number of anilines is 2. The molecule has 0 amide bonds. The summed E-state index contributed by atoms with van der Waals surface area (Å²) in [4.78, 5) is 0. The Morgan fingerprint density at radius 3 is 2.60 bits per heavy atom. The van der Waals surface area contributed by atoms with E-state index in [9.17, 15) is 0 Å². The number of nitrogens with one attached hydrogen (secondary N) is 1. The highest BCUT2D eigenvalue weighted by Crippen LogP contribution is 2.28. The van der Waals surface area contributed by atoms with Crippen molar-refractivity contribution >= 4 is 23.0 Å². The first-order valence-electron chi connectivity index (χ1n) is 5.33. The number of hydrogen-bond donors (Lipinski definition) is 2. The molecule has 3 nitrogen and oxygen atoms in total. The zero-order valence-electron chi connectivity index (χ0n) is 8.67. The molecule has 1 heterocycles. The van der Waals surface area contributed by atoms with Crippen LogP contribution in [0.3, 0.4) is 0 Å². The monoisotopic (exact) mass is 225 g/mol. The number of rotatable bonds is 2. The van der Waals surface area contributed by atoms with Crippen LogP contribution in [0.1, 0.15) is 19.3 Å². The molecule has 0 bridgehead atoms. The minimum Gasteiger partial charge on any atom is -0.397 e. The first-order chi connectivity index (χ1) is 7.27. The second-order valence-electron chi connectivity index (χ2n) is 3.86. The molecule has 1 aromatic carbocycles. The van der Waals surface area contributed by atoms with Crippen LogP contribution < -0.4 is 11.2 Å². The molecule has 0 saturated carbocycles. The first-order valence-corrected chi connectivity index (χ1v) is 5.71. The van der Waals surface area contributed by atoms with Crippen molar-refractivity contribution in [2.45, 2.75) is 19.3 Å². The third-order valence-corrected chi connectivity index (χ3v) is 2.99. The maximum absolute atomic E-state index is 6.08. The van der Waals surface area contributed by atoms with Crippen molar-refractivity contribution in [2.24, 2.45) is 0 Å². The van der Waals surface area contributed by atoms with E-state index in [0.717, 1.165) is 18.8 Å². The average molecular weight is 226 g/mol. The fourth-order valence-corrected chi connectivity index (χ4v) is 2.05. The Hall–Kier alpha value is -0.930. The molecular weight excluding hydrogens is 210 g/mol. The summed E-state index contributed by atoms with van der Waals surface area (Å²) in [5, 5.41) is 2.86. The van der Waals surface area contributed by atoms with Crippen molar-refractivity contribution in [3.8, 4) is 0 Å². The van der Waals surface area contributed by atoms with Crippen LogP contribution in [-0.2, 0) is 0 Å². The van der Waals surface area contributed by atoms with Gasteiger partial charge in [0.1, 0.15) is 0 Å². The molecule has 3 N–H and O–H groups in total. The molecule has 0 radical (unpaired) electrons. The Kier molecular flexibility index (Phi) is 3.34. The largest absolute Gasteiger partial charge is 0.397 e. The van der Waals surface area contributed by atoms with E-state index in [1.54, 1.807) is 0 Å². The molecule has 82 valence electrons.